The van der Waals surface area contributed by atoms with Crippen molar-refractivity contribution in [3.8, 4) is 11.8 Å². The van der Waals surface area contributed by atoms with Crippen LogP contribution in [0.2, 0.25) is 0 Å². The third kappa shape index (κ3) is 12.7. The Bertz CT molecular complexity index is 1100. The summed E-state index contributed by atoms with van der Waals surface area (Å²) < 4.78 is 0. The van der Waals surface area contributed by atoms with Crippen molar-refractivity contribution in [2.24, 2.45) is 5.92 Å². The van der Waals surface area contributed by atoms with Crippen LogP contribution in [-0.4, -0.2) is 90.1 Å². The molecule has 42 heavy (non-hydrogen) atoms. The van der Waals surface area contributed by atoms with Crippen molar-refractivity contribution in [3.63, 3.8) is 0 Å². The quantitative estimate of drug-likeness (QED) is 0.328. The summed E-state index contributed by atoms with van der Waals surface area (Å²) in [5, 5.41) is 24.3. The van der Waals surface area contributed by atoms with Gasteiger partial charge in [0.2, 0.25) is 18.7 Å². The second-order valence-electron chi connectivity index (χ2n) is 10.9. The highest BCUT2D eigenvalue weighted by molar-refractivity contribution is 5.79. The Morgan fingerprint density at radius 3 is 2.33 bits per heavy atom. The average molecular weight is 579 g/mol. The van der Waals surface area contributed by atoms with Crippen molar-refractivity contribution < 1.29 is 19.5 Å². The molecule has 0 radical (unpaired) electrons. The fourth-order valence-electron chi connectivity index (χ4n) is 5.06. The molecule has 4 rings (SSSR count). The van der Waals surface area contributed by atoms with E-state index in [1.54, 1.807) is 22.0 Å². The first-order valence-corrected chi connectivity index (χ1v) is 14.5. The Hall–Kier alpha value is -3.94. The van der Waals surface area contributed by atoms with Crippen LogP contribution in [0.15, 0.2) is 54.6 Å². The molecule has 0 spiro atoms. The van der Waals surface area contributed by atoms with Gasteiger partial charge in [-0.05, 0) is 55.4 Å². The van der Waals surface area contributed by atoms with Gasteiger partial charge in [0.05, 0.1) is 19.3 Å². The molecule has 10 heteroatoms. The number of hydrazine groups is 1. The molecule has 1 aliphatic heterocycles. The van der Waals surface area contributed by atoms with Crippen molar-refractivity contribution in [2.75, 3.05) is 40.4 Å². The van der Waals surface area contributed by atoms with Crippen LogP contribution in [0.4, 0.5) is 0 Å². The molecule has 1 saturated heterocycles. The van der Waals surface area contributed by atoms with Crippen LogP contribution in [0.1, 0.15) is 50.2 Å². The molecule has 1 aliphatic carbocycles. The van der Waals surface area contributed by atoms with Gasteiger partial charge in [-0.2, -0.15) is 5.26 Å². The minimum absolute atomic E-state index is 0.0367. The van der Waals surface area contributed by atoms with Crippen molar-refractivity contribution in [1.29, 1.82) is 5.26 Å². The van der Waals surface area contributed by atoms with Gasteiger partial charge in [-0.15, -0.1) is 0 Å². The van der Waals surface area contributed by atoms with Crippen molar-refractivity contribution in [3.05, 3.63) is 65.7 Å². The van der Waals surface area contributed by atoms with Crippen molar-refractivity contribution in [1.82, 2.24) is 25.1 Å². The fraction of sp³-hybridized carbons (Fsp3) is 0.500. The second kappa shape index (κ2) is 19.2. The van der Waals surface area contributed by atoms with Crippen LogP contribution in [-0.2, 0) is 27.3 Å². The number of amides is 3. The Morgan fingerprint density at radius 2 is 1.74 bits per heavy atom. The van der Waals surface area contributed by atoms with Gasteiger partial charge in [0, 0.05) is 33.2 Å². The van der Waals surface area contributed by atoms with Crippen molar-refractivity contribution in [2.45, 2.75) is 58.0 Å². The van der Waals surface area contributed by atoms with E-state index in [1.165, 1.54) is 32.1 Å². The zero-order chi connectivity index (χ0) is 30.7. The maximum absolute atomic E-state index is 12.2. The number of aromatic hydroxyl groups is 1. The third-order valence-corrected chi connectivity index (χ3v) is 7.41. The van der Waals surface area contributed by atoms with Gasteiger partial charge < -0.3 is 20.2 Å². The Morgan fingerprint density at radius 1 is 1.07 bits per heavy atom. The number of benzene rings is 2. The summed E-state index contributed by atoms with van der Waals surface area (Å²) in [7, 11) is 3.74. The summed E-state index contributed by atoms with van der Waals surface area (Å²) in [6.07, 6.45) is 9.10. The number of phenols is 1. The van der Waals surface area contributed by atoms with E-state index in [1.807, 2.05) is 73.4 Å². The highest BCUT2D eigenvalue weighted by atomic mass is 16.3. The van der Waals surface area contributed by atoms with Gasteiger partial charge in [0.25, 0.3) is 0 Å². The maximum atomic E-state index is 12.2. The summed E-state index contributed by atoms with van der Waals surface area (Å²) >= 11 is 0. The minimum atomic E-state index is 0.0367. The number of nitrogens with one attached hydrogen (secondary N) is 1. The molecule has 2 N–H and O–H groups in total. The van der Waals surface area contributed by atoms with E-state index in [2.05, 4.69) is 11.4 Å². The SMILES string of the molecule is CC(Cc1ccc(O)cc1)N1CN(C)N(CC#N)CC1=O.CN(C=O)CC1CCCCC1.O=CNCc1ccccc1. The molecule has 2 aliphatic rings. The van der Waals surface area contributed by atoms with E-state index in [4.69, 9.17) is 5.26 Å². The van der Waals surface area contributed by atoms with E-state index >= 15 is 0 Å². The molecule has 10 nitrogen and oxygen atoms in total. The highest BCUT2D eigenvalue weighted by Crippen LogP contribution is 2.23. The lowest BCUT2D eigenvalue weighted by Gasteiger charge is -2.42. The van der Waals surface area contributed by atoms with E-state index in [-0.39, 0.29) is 30.8 Å². The van der Waals surface area contributed by atoms with Gasteiger partial charge >= 0.3 is 0 Å². The molecular formula is C32H46N6O4. The first kappa shape index (κ1) is 34.3. The lowest BCUT2D eigenvalue weighted by molar-refractivity contribution is -0.158. The number of hydrogen-bond acceptors (Lipinski definition) is 7. The van der Waals surface area contributed by atoms with E-state index in [0.717, 1.165) is 36.4 Å². The lowest BCUT2D eigenvalue weighted by Crippen LogP contribution is -2.60. The third-order valence-electron chi connectivity index (χ3n) is 7.41. The molecule has 0 aromatic heterocycles. The molecule has 1 unspecified atom stereocenters. The maximum Gasteiger partial charge on any atom is 0.239 e. The summed E-state index contributed by atoms with van der Waals surface area (Å²) in [4.78, 5) is 36.0. The van der Waals surface area contributed by atoms with Gasteiger partial charge in [0.15, 0.2) is 0 Å². The van der Waals surface area contributed by atoms with Crippen molar-refractivity contribution >= 4 is 18.7 Å². The number of rotatable bonds is 10. The molecule has 2 aromatic carbocycles. The van der Waals surface area contributed by atoms with Crippen LogP contribution in [0, 0.1) is 17.2 Å². The zero-order valence-electron chi connectivity index (χ0n) is 25.2. The lowest BCUT2D eigenvalue weighted by atomic mass is 9.89. The average Bonchev–Trinajstić information content (AvgIpc) is 3.00. The molecule has 1 atom stereocenters. The second-order valence-corrected chi connectivity index (χ2v) is 10.9. The monoisotopic (exact) mass is 578 g/mol. The van der Waals surface area contributed by atoms with Crippen LogP contribution in [0.3, 0.4) is 0 Å². The number of hydrogen-bond donors (Lipinski definition) is 2. The number of nitriles is 1. The summed E-state index contributed by atoms with van der Waals surface area (Å²) in [5.74, 6) is 1.06. The molecule has 3 amide bonds. The van der Waals surface area contributed by atoms with Gasteiger partial charge in [-0.3, -0.25) is 14.4 Å². The first-order valence-electron chi connectivity index (χ1n) is 14.5. The standard InChI is InChI=1S/C15H20N4O2.C9H17NO.C8H9NO/c1-12(9-13-3-5-14(20)6-4-13)19-11-17(2)18(8-7-16)10-15(19)21;1-10(8-11)7-9-5-3-2-4-6-9;10-7-9-6-8-4-2-1-3-5-8/h3-6,12,20H,8-11H2,1-2H3;8-9H,2-7H2,1H3;1-5,7H,6H2,(H,9,10). The molecular weight excluding hydrogens is 532 g/mol. The Kier molecular flexibility index (Phi) is 15.7. The minimum Gasteiger partial charge on any atom is -0.508 e. The summed E-state index contributed by atoms with van der Waals surface area (Å²) in [5.41, 5.74) is 2.20. The summed E-state index contributed by atoms with van der Waals surface area (Å²) in [6.45, 7) is 4.54. The Labute approximate surface area is 250 Å². The fourth-order valence-corrected chi connectivity index (χ4v) is 5.06. The summed E-state index contributed by atoms with van der Waals surface area (Å²) in [6, 6.07) is 19.0. The van der Waals surface area contributed by atoms with Crippen LogP contribution >= 0.6 is 0 Å². The number of carbonyl (C=O) groups is 3. The number of phenolic OH excluding ortho intramolecular Hbond substituents is 1. The van der Waals surface area contributed by atoms with Crippen LogP contribution in [0.25, 0.3) is 0 Å². The Balaban J connectivity index is 0.000000246. The smallest absolute Gasteiger partial charge is 0.239 e. The normalized spacial score (nSPS) is 16.5. The topological polar surface area (TPSA) is 120 Å². The highest BCUT2D eigenvalue weighted by Gasteiger charge is 2.30. The number of nitrogens with zero attached hydrogens (tertiary/aromatic N) is 5. The van der Waals surface area contributed by atoms with Gasteiger partial charge in [-0.1, -0.05) is 61.7 Å². The van der Waals surface area contributed by atoms with Crippen LogP contribution in [0.5, 0.6) is 5.75 Å². The predicted octanol–water partition coefficient (Wildman–Crippen LogP) is 3.38. The van der Waals surface area contributed by atoms with E-state index in [9.17, 15) is 19.5 Å². The molecule has 1 saturated carbocycles. The predicted molar refractivity (Wildman–Crippen MR) is 163 cm³/mol. The first-order chi connectivity index (χ1) is 20.3. The number of carbonyl (C=O) groups excluding carboxylic acids is 3. The van der Waals surface area contributed by atoms with E-state index in [0.29, 0.717) is 19.6 Å². The molecule has 0 bridgehead atoms. The zero-order valence-corrected chi connectivity index (χ0v) is 25.2. The molecule has 1 heterocycles. The van der Waals surface area contributed by atoms with Gasteiger partial charge in [-0.25, -0.2) is 10.0 Å². The van der Waals surface area contributed by atoms with E-state index < -0.39 is 0 Å². The molecule has 228 valence electrons. The van der Waals surface area contributed by atoms with Gasteiger partial charge in [0.1, 0.15) is 12.3 Å². The molecule has 2 aromatic rings. The molecule has 2 fully saturated rings. The van der Waals surface area contributed by atoms with Crippen LogP contribution < -0.4 is 5.32 Å². The largest absolute Gasteiger partial charge is 0.508 e.